The van der Waals surface area contributed by atoms with Gasteiger partial charge in [-0.2, -0.15) is 0 Å². The van der Waals surface area contributed by atoms with Crippen LogP contribution in [-0.4, -0.2) is 21.3 Å². The highest BCUT2D eigenvalue weighted by Crippen LogP contribution is 2.28. The van der Waals surface area contributed by atoms with Gasteiger partial charge in [0.05, 0.1) is 5.69 Å². The van der Waals surface area contributed by atoms with Crippen LogP contribution in [-0.2, 0) is 0 Å². The molecule has 0 radical (unpaired) electrons. The Hall–Kier alpha value is -1.84. The van der Waals surface area contributed by atoms with Crippen molar-refractivity contribution in [3.63, 3.8) is 0 Å². The molecule has 1 saturated carbocycles. The average Bonchev–Trinajstić information content (AvgIpc) is 3.01. The summed E-state index contributed by atoms with van der Waals surface area (Å²) in [5.74, 6) is 1.74. The maximum Gasteiger partial charge on any atom is 0.123 e. The lowest BCUT2D eigenvalue weighted by Gasteiger charge is -2.26. The maximum absolute atomic E-state index is 3.85. The Morgan fingerprint density at radius 3 is 2.65 bits per heavy atom. The Balaban J connectivity index is 1.59. The molecule has 3 rings (SSSR count). The number of aromatic nitrogens is 3. The van der Waals surface area contributed by atoms with Gasteiger partial charge in [0.1, 0.15) is 12.7 Å². The van der Waals surface area contributed by atoms with Crippen molar-refractivity contribution in [3.8, 4) is 5.69 Å². The summed E-state index contributed by atoms with van der Waals surface area (Å²) in [6.07, 6.45) is 8.93. The molecule has 1 aromatic heterocycles. The SMILES string of the molecule is CC1CCC(CNc2cccc(-n3cnnc3)c2)CC1. The first-order valence-electron chi connectivity index (χ1n) is 7.50. The number of anilines is 1. The van der Waals surface area contributed by atoms with Gasteiger partial charge >= 0.3 is 0 Å². The molecule has 1 fully saturated rings. The van der Waals surface area contributed by atoms with E-state index in [9.17, 15) is 0 Å². The molecule has 1 heterocycles. The van der Waals surface area contributed by atoms with Crippen molar-refractivity contribution >= 4 is 5.69 Å². The summed E-state index contributed by atoms with van der Waals surface area (Å²) in [5, 5.41) is 11.3. The number of nitrogens with one attached hydrogen (secondary N) is 1. The van der Waals surface area contributed by atoms with Crippen molar-refractivity contribution in [2.45, 2.75) is 32.6 Å². The van der Waals surface area contributed by atoms with E-state index in [4.69, 9.17) is 0 Å². The first-order chi connectivity index (χ1) is 9.81. The zero-order chi connectivity index (χ0) is 13.8. The Morgan fingerprint density at radius 2 is 1.90 bits per heavy atom. The quantitative estimate of drug-likeness (QED) is 0.924. The average molecular weight is 270 g/mol. The molecule has 2 aromatic rings. The molecule has 0 atom stereocenters. The van der Waals surface area contributed by atoms with Gasteiger partial charge in [-0.3, -0.25) is 4.57 Å². The van der Waals surface area contributed by atoms with Gasteiger partial charge in [0.2, 0.25) is 0 Å². The van der Waals surface area contributed by atoms with E-state index in [0.717, 1.165) is 24.1 Å². The minimum atomic E-state index is 0.824. The van der Waals surface area contributed by atoms with Crippen molar-refractivity contribution in [2.75, 3.05) is 11.9 Å². The molecule has 1 aliphatic rings. The second kappa shape index (κ2) is 6.07. The molecule has 0 saturated heterocycles. The van der Waals surface area contributed by atoms with E-state index in [1.165, 1.54) is 31.4 Å². The monoisotopic (exact) mass is 270 g/mol. The number of nitrogens with zero attached hydrogens (tertiary/aromatic N) is 3. The van der Waals surface area contributed by atoms with Gasteiger partial charge in [0.25, 0.3) is 0 Å². The number of hydrogen-bond acceptors (Lipinski definition) is 3. The maximum atomic E-state index is 3.85. The third kappa shape index (κ3) is 3.18. The summed E-state index contributed by atoms with van der Waals surface area (Å²) in [7, 11) is 0. The highest BCUT2D eigenvalue weighted by molar-refractivity contribution is 5.51. The Morgan fingerprint density at radius 1 is 1.15 bits per heavy atom. The van der Waals surface area contributed by atoms with E-state index in [0.29, 0.717) is 0 Å². The van der Waals surface area contributed by atoms with Crippen LogP contribution in [0, 0.1) is 11.8 Å². The number of rotatable bonds is 4. The molecule has 0 bridgehead atoms. The summed E-state index contributed by atoms with van der Waals surface area (Å²) in [5.41, 5.74) is 2.27. The molecular formula is C16H22N4. The summed E-state index contributed by atoms with van der Waals surface area (Å²) < 4.78 is 1.92. The van der Waals surface area contributed by atoms with Crippen LogP contribution in [0.5, 0.6) is 0 Å². The van der Waals surface area contributed by atoms with Gasteiger partial charge in [0.15, 0.2) is 0 Å². The second-order valence-electron chi connectivity index (χ2n) is 5.93. The summed E-state index contributed by atoms with van der Waals surface area (Å²) >= 11 is 0. The van der Waals surface area contributed by atoms with Crippen LogP contribution in [0.25, 0.3) is 5.69 Å². The van der Waals surface area contributed by atoms with Crippen LogP contribution in [0.3, 0.4) is 0 Å². The van der Waals surface area contributed by atoms with Crippen molar-refractivity contribution in [1.82, 2.24) is 14.8 Å². The molecule has 1 aromatic carbocycles. The highest BCUT2D eigenvalue weighted by atomic mass is 15.2. The molecule has 4 nitrogen and oxygen atoms in total. The Labute approximate surface area is 120 Å². The fraction of sp³-hybridized carbons (Fsp3) is 0.500. The first kappa shape index (κ1) is 13.2. The first-order valence-corrected chi connectivity index (χ1v) is 7.50. The van der Waals surface area contributed by atoms with Crippen LogP contribution in [0.15, 0.2) is 36.9 Å². The van der Waals surface area contributed by atoms with Crippen LogP contribution in [0.4, 0.5) is 5.69 Å². The summed E-state index contributed by atoms with van der Waals surface area (Å²) in [6, 6.07) is 8.41. The minimum Gasteiger partial charge on any atom is -0.385 e. The van der Waals surface area contributed by atoms with Gasteiger partial charge in [-0.05, 0) is 42.9 Å². The van der Waals surface area contributed by atoms with Crippen molar-refractivity contribution in [3.05, 3.63) is 36.9 Å². The number of benzene rings is 1. The fourth-order valence-corrected chi connectivity index (χ4v) is 2.91. The van der Waals surface area contributed by atoms with Gasteiger partial charge in [0, 0.05) is 12.2 Å². The molecule has 0 spiro atoms. The third-order valence-electron chi connectivity index (χ3n) is 4.29. The van der Waals surface area contributed by atoms with E-state index >= 15 is 0 Å². The zero-order valence-corrected chi connectivity index (χ0v) is 12.0. The molecule has 4 heteroatoms. The van der Waals surface area contributed by atoms with Crippen LogP contribution < -0.4 is 5.32 Å². The Bertz CT molecular complexity index is 527. The van der Waals surface area contributed by atoms with E-state index in [1.807, 2.05) is 4.57 Å². The van der Waals surface area contributed by atoms with Gasteiger partial charge in [-0.1, -0.05) is 25.8 Å². The largest absolute Gasteiger partial charge is 0.385 e. The fourth-order valence-electron chi connectivity index (χ4n) is 2.91. The smallest absolute Gasteiger partial charge is 0.123 e. The normalized spacial score (nSPS) is 22.6. The topological polar surface area (TPSA) is 42.7 Å². The van der Waals surface area contributed by atoms with Crippen molar-refractivity contribution < 1.29 is 0 Å². The van der Waals surface area contributed by atoms with E-state index in [-0.39, 0.29) is 0 Å². The lowest BCUT2D eigenvalue weighted by Crippen LogP contribution is -2.20. The van der Waals surface area contributed by atoms with E-state index < -0.39 is 0 Å². The molecule has 1 aliphatic carbocycles. The molecule has 106 valence electrons. The van der Waals surface area contributed by atoms with Gasteiger partial charge in [-0.15, -0.1) is 10.2 Å². The Kier molecular flexibility index (Phi) is 4.00. The second-order valence-corrected chi connectivity index (χ2v) is 5.93. The standard InChI is InChI=1S/C16H22N4/c1-13-5-7-14(8-6-13)10-17-15-3-2-4-16(9-15)20-11-18-19-12-20/h2-4,9,11-14,17H,5-8,10H2,1H3. The van der Waals surface area contributed by atoms with Crippen LogP contribution in [0.2, 0.25) is 0 Å². The molecule has 0 amide bonds. The molecule has 20 heavy (non-hydrogen) atoms. The van der Waals surface area contributed by atoms with Crippen LogP contribution in [0.1, 0.15) is 32.6 Å². The molecule has 1 N–H and O–H groups in total. The predicted octanol–water partition coefficient (Wildman–Crippen LogP) is 3.51. The third-order valence-corrected chi connectivity index (χ3v) is 4.29. The molecule has 0 aliphatic heterocycles. The minimum absolute atomic E-state index is 0.824. The lowest BCUT2D eigenvalue weighted by molar-refractivity contribution is 0.300. The summed E-state index contributed by atoms with van der Waals surface area (Å²) in [6.45, 7) is 3.45. The zero-order valence-electron chi connectivity index (χ0n) is 12.0. The van der Waals surface area contributed by atoms with Crippen molar-refractivity contribution in [1.29, 1.82) is 0 Å². The van der Waals surface area contributed by atoms with Crippen molar-refractivity contribution in [2.24, 2.45) is 11.8 Å². The highest BCUT2D eigenvalue weighted by Gasteiger charge is 2.17. The van der Waals surface area contributed by atoms with Gasteiger partial charge in [-0.25, -0.2) is 0 Å². The molecular weight excluding hydrogens is 248 g/mol. The van der Waals surface area contributed by atoms with E-state index in [1.54, 1.807) is 12.7 Å². The van der Waals surface area contributed by atoms with Gasteiger partial charge < -0.3 is 5.32 Å². The van der Waals surface area contributed by atoms with E-state index in [2.05, 4.69) is 46.7 Å². The van der Waals surface area contributed by atoms with Crippen LogP contribution >= 0.6 is 0 Å². The predicted molar refractivity (Wildman–Crippen MR) is 81.0 cm³/mol. The summed E-state index contributed by atoms with van der Waals surface area (Å²) in [4.78, 5) is 0. The molecule has 0 unspecified atom stereocenters. The lowest BCUT2D eigenvalue weighted by atomic mass is 9.83. The number of hydrogen-bond donors (Lipinski definition) is 1.